The number of halogens is 2. The summed E-state index contributed by atoms with van der Waals surface area (Å²) in [6, 6.07) is 2.84. The zero-order valence-corrected chi connectivity index (χ0v) is 13.4. The van der Waals surface area contributed by atoms with Crippen molar-refractivity contribution in [2.45, 2.75) is 32.4 Å². The first-order valence-electron chi connectivity index (χ1n) is 7.87. The molecule has 0 radical (unpaired) electrons. The molecule has 2 aliphatic rings. The van der Waals surface area contributed by atoms with E-state index in [0.29, 0.717) is 31.1 Å². The Morgan fingerprint density at radius 2 is 2.22 bits per heavy atom. The molecule has 2 aromatic rings. The maximum atomic E-state index is 13.6. The molecule has 3 heterocycles. The highest BCUT2D eigenvalue weighted by molar-refractivity contribution is 6.31. The number of hydrogen-bond acceptors (Lipinski definition) is 2. The summed E-state index contributed by atoms with van der Waals surface area (Å²) in [6.07, 6.45) is 6.04. The first-order chi connectivity index (χ1) is 11.1. The molecular formula is C17H17ClFN3O. The van der Waals surface area contributed by atoms with Crippen molar-refractivity contribution in [3.05, 3.63) is 52.3 Å². The smallest absolute Gasteiger partial charge is 0.227 e. The predicted molar refractivity (Wildman–Crippen MR) is 84.6 cm³/mol. The minimum absolute atomic E-state index is 0.0257. The summed E-state index contributed by atoms with van der Waals surface area (Å²) in [7, 11) is 0. The van der Waals surface area contributed by atoms with Crippen molar-refractivity contribution in [2.24, 2.45) is 5.92 Å². The fraction of sp³-hybridized carbons (Fsp3) is 0.412. The molecule has 0 aliphatic carbocycles. The van der Waals surface area contributed by atoms with Gasteiger partial charge < -0.3 is 9.47 Å². The molecule has 120 valence electrons. The summed E-state index contributed by atoms with van der Waals surface area (Å²) >= 11 is 6.11. The van der Waals surface area contributed by atoms with Gasteiger partial charge in [-0.2, -0.15) is 0 Å². The summed E-state index contributed by atoms with van der Waals surface area (Å²) in [5, 5.41) is 0.466. The van der Waals surface area contributed by atoms with Crippen LogP contribution in [0.3, 0.4) is 0 Å². The van der Waals surface area contributed by atoms with Crippen LogP contribution in [0.1, 0.15) is 23.4 Å². The third-order valence-electron chi connectivity index (χ3n) is 4.84. The molecule has 0 spiro atoms. The standard InChI is InChI=1S/C17H17ClFN3O/c18-15-8-13(19)7-12-10-22(5-3-14(12)15)17(23)11-1-2-16-20-4-6-21(16)9-11/h4,6-8,11H,1-3,5,9-10H2. The molecule has 4 nitrogen and oxygen atoms in total. The molecule has 0 N–H and O–H groups in total. The lowest BCUT2D eigenvalue weighted by Gasteiger charge is -2.33. The van der Waals surface area contributed by atoms with E-state index in [4.69, 9.17) is 11.6 Å². The topological polar surface area (TPSA) is 38.1 Å². The monoisotopic (exact) mass is 333 g/mol. The van der Waals surface area contributed by atoms with Crippen LogP contribution in [0.4, 0.5) is 4.39 Å². The van der Waals surface area contributed by atoms with Gasteiger partial charge >= 0.3 is 0 Å². The number of aryl methyl sites for hydroxylation is 1. The van der Waals surface area contributed by atoms with Crippen molar-refractivity contribution >= 4 is 17.5 Å². The highest BCUT2D eigenvalue weighted by atomic mass is 35.5. The van der Waals surface area contributed by atoms with Crippen molar-refractivity contribution in [1.82, 2.24) is 14.5 Å². The van der Waals surface area contributed by atoms with Crippen LogP contribution in [-0.2, 0) is 30.7 Å². The fourth-order valence-corrected chi connectivity index (χ4v) is 3.94. The Morgan fingerprint density at radius 1 is 1.35 bits per heavy atom. The third-order valence-corrected chi connectivity index (χ3v) is 5.18. The van der Waals surface area contributed by atoms with Gasteiger partial charge in [0.25, 0.3) is 0 Å². The number of imidazole rings is 1. The van der Waals surface area contributed by atoms with Gasteiger partial charge in [0.2, 0.25) is 5.91 Å². The molecule has 0 saturated carbocycles. The van der Waals surface area contributed by atoms with Crippen molar-refractivity contribution in [1.29, 1.82) is 0 Å². The third kappa shape index (κ3) is 2.63. The molecule has 6 heteroatoms. The van der Waals surface area contributed by atoms with Gasteiger partial charge in [-0.15, -0.1) is 0 Å². The summed E-state index contributed by atoms with van der Waals surface area (Å²) < 4.78 is 15.6. The minimum Gasteiger partial charge on any atom is -0.338 e. The number of carbonyl (C=O) groups excluding carboxylic acids is 1. The second kappa shape index (κ2) is 5.64. The number of carbonyl (C=O) groups is 1. The van der Waals surface area contributed by atoms with Gasteiger partial charge in [0, 0.05) is 43.5 Å². The number of aromatic nitrogens is 2. The summed E-state index contributed by atoms with van der Waals surface area (Å²) in [6.45, 7) is 1.77. The molecule has 1 amide bonds. The lowest BCUT2D eigenvalue weighted by molar-refractivity contribution is -0.137. The van der Waals surface area contributed by atoms with Crippen LogP contribution in [0.15, 0.2) is 24.5 Å². The van der Waals surface area contributed by atoms with E-state index in [1.165, 1.54) is 12.1 Å². The second-order valence-corrected chi connectivity index (χ2v) is 6.67. The van der Waals surface area contributed by atoms with E-state index in [1.54, 1.807) is 6.20 Å². The number of nitrogens with zero attached hydrogens (tertiary/aromatic N) is 3. The van der Waals surface area contributed by atoms with Gasteiger partial charge in [0.1, 0.15) is 11.6 Å². The van der Waals surface area contributed by atoms with E-state index in [0.717, 1.165) is 29.8 Å². The highest BCUT2D eigenvalue weighted by Gasteiger charge is 2.31. The number of hydrogen-bond donors (Lipinski definition) is 0. The number of amides is 1. The van der Waals surface area contributed by atoms with E-state index in [9.17, 15) is 9.18 Å². The Hall–Kier alpha value is -1.88. The predicted octanol–water partition coefficient (Wildman–Crippen LogP) is 2.82. The van der Waals surface area contributed by atoms with Crippen LogP contribution in [-0.4, -0.2) is 26.9 Å². The van der Waals surface area contributed by atoms with Crippen LogP contribution in [0.25, 0.3) is 0 Å². The first kappa shape index (κ1) is 14.7. The Morgan fingerprint density at radius 3 is 3.09 bits per heavy atom. The number of fused-ring (bicyclic) bond motifs is 2. The second-order valence-electron chi connectivity index (χ2n) is 6.27. The molecule has 1 atom stereocenters. The van der Waals surface area contributed by atoms with Gasteiger partial charge in [-0.3, -0.25) is 4.79 Å². The van der Waals surface area contributed by atoms with Gasteiger partial charge in [-0.25, -0.2) is 9.37 Å². The normalized spacial score (nSPS) is 20.1. The summed E-state index contributed by atoms with van der Waals surface area (Å²) in [5.41, 5.74) is 1.80. The van der Waals surface area contributed by atoms with Crippen LogP contribution in [0.5, 0.6) is 0 Å². The van der Waals surface area contributed by atoms with Gasteiger partial charge in [-0.05, 0) is 36.1 Å². The minimum atomic E-state index is -0.344. The Balaban J connectivity index is 1.52. The maximum Gasteiger partial charge on any atom is 0.227 e. The van der Waals surface area contributed by atoms with E-state index in [2.05, 4.69) is 9.55 Å². The van der Waals surface area contributed by atoms with Crippen molar-refractivity contribution in [3.63, 3.8) is 0 Å². The average Bonchev–Trinajstić information content (AvgIpc) is 3.01. The van der Waals surface area contributed by atoms with E-state index in [1.807, 2.05) is 11.1 Å². The molecule has 4 rings (SSSR count). The van der Waals surface area contributed by atoms with E-state index < -0.39 is 0 Å². The quantitative estimate of drug-likeness (QED) is 0.805. The zero-order chi connectivity index (χ0) is 16.0. The van der Waals surface area contributed by atoms with Gasteiger partial charge in [0.15, 0.2) is 0 Å². The first-order valence-corrected chi connectivity index (χ1v) is 8.25. The van der Waals surface area contributed by atoms with E-state index in [-0.39, 0.29) is 17.6 Å². The number of benzene rings is 1. The molecule has 2 aliphatic heterocycles. The highest BCUT2D eigenvalue weighted by Crippen LogP contribution is 2.29. The summed E-state index contributed by atoms with van der Waals surface area (Å²) in [4.78, 5) is 19.0. The zero-order valence-electron chi connectivity index (χ0n) is 12.6. The van der Waals surface area contributed by atoms with Crippen molar-refractivity contribution in [2.75, 3.05) is 6.54 Å². The Labute approximate surface area is 138 Å². The number of rotatable bonds is 1. The van der Waals surface area contributed by atoms with Gasteiger partial charge in [-0.1, -0.05) is 11.6 Å². The average molecular weight is 334 g/mol. The Kier molecular flexibility index (Phi) is 3.60. The van der Waals surface area contributed by atoms with E-state index >= 15 is 0 Å². The SMILES string of the molecule is O=C(C1CCc2nccn2C1)N1CCc2c(Cl)cc(F)cc2C1. The molecule has 0 bridgehead atoms. The lowest BCUT2D eigenvalue weighted by Crippen LogP contribution is -2.42. The molecule has 1 aromatic heterocycles. The van der Waals surface area contributed by atoms with Crippen molar-refractivity contribution < 1.29 is 9.18 Å². The van der Waals surface area contributed by atoms with Crippen LogP contribution < -0.4 is 0 Å². The molecule has 23 heavy (non-hydrogen) atoms. The molecule has 1 unspecified atom stereocenters. The Bertz CT molecular complexity index is 773. The largest absolute Gasteiger partial charge is 0.338 e. The molecule has 0 saturated heterocycles. The molecule has 1 aromatic carbocycles. The lowest BCUT2D eigenvalue weighted by atomic mass is 9.94. The van der Waals surface area contributed by atoms with Gasteiger partial charge in [0.05, 0.1) is 5.92 Å². The van der Waals surface area contributed by atoms with Crippen LogP contribution >= 0.6 is 11.6 Å². The summed E-state index contributed by atoms with van der Waals surface area (Å²) in [5.74, 6) is 0.827. The van der Waals surface area contributed by atoms with Crippen molar-refractivity contribution in [3.8, 4) is 0 Å². The fourth-order valence-electron chi connectivity index (χ4n) is 3.62. The maximum absolute atomic E-state index is 13.6. The van der Waals surface area contributed by atoms with Crippen LogP contribution in [0.2, 0.25) is 5.02 Å². The van der Waals surface area contributed by atoms with Crippen LogP contribution in [0, 0.1) is 11.7 Å². The molecular weight excluding hydrogens is 317 g/mol. The molecule has 0 fully saturated rings.